The number of benzene rings is 3. The summed E-state index contributed by atoms with van der Waals surface area (Å²) < 4.78 is 6.80. The average molecular weight is 377 g/mol. The Balaban J connectivity index is 1.76. The van der Waals surface area contributed by atoms with Crippen molar-refractivity contribution in [1.29, 1.82) is 0 Å². The molecule has 136 valence electrons. The number of anilines is 1. The summed E-state index contributed by atoms with van der Waals surface area (Å²) in [7, 11) is 2.08. The number of hydrogen-bond acceptors (Lipinski definition) is 3. The topological polar surface area (TPSA) is 24.8 Å². The van der Waals surface area contributed by atoms with E-state index < -0.39 is 5.72 Å². The summed E-state index contributed by atoms with van der Waals surface area (Å²) in [5.74, 6) is 0.818. The molecule has 1 atom stereocenters. The Hall–Kier alpha value is -2.52. The Labute approximate surface area is 164 Å². The first-order valence-electron chi connectivity index (χ1n) is 9.16. The standard InChI is InChI=1S/C23H21ClN2O/c1-14-23(22(2,3)18-13-16(24)10-11-19(18)26(23)4)27-20-12-9-15-7-5-6-8-17(15)21(20)25-14/h5-13H,1-4H3. The van der Waals surface area contributed by atoms with Gasteiger partial charge in [0.15, 0.2) is 0 Å². The van der Waals surface area contributed by atoms with Crippen LogP contribution in [0.3, 0.4) is 0 Å². The summed E-state index contributed by atoms with van der Waals surface area (Å²) in [6, 6.07) is 18.5. The van der Waals surface area contributed by atoms with E-state index in [4.69, 9.17) is 21.3 Å². The van der Waals surface area contributed by atoms with Gasteiger partial charge in [0.1, 0.15) is 11.4 Å². The van der Waals surface area contributed by atoms with Gasteiger partial charge in [-0.1, -0.05) is 41.9 Å². The highest BCUT2D eigenvalue weighted by molar-refractivity contribution is 6.30. The molecule has 0 bridgehead atoms. The van der Waals surface area contributed by atoms with Crippen LogP contribution in [-0.4, -0.2) is 18.5 Å². The molecule has 0 fully saturated rings. The second kappa shape index (κ2) is 5.26. The first kappa shape index (κ1) is 16.6. The smallest absolute Gasteiger partial charge is 0.231 e. The number of nitrogens with zero attached hydrogens (tertiary/aromatic N) is 2. The van der Waals surface area contributed by atoms with Crippen molar-refractivity contribution in [2.24, 2.45) is 4.99 Å². The van der Waals surface area contributed by atoms with Crippen molar-refractivity contribution in [2.45, 2.75) is 31.9 Å². The third-order valence-corrected chi connectivity index (χ3v) is 6.44. The van der Waals surface area contributed by atoms with Gasteiger partial charge < -0.3 is 9.64 Å². The highest BCUT2D eigenvalue weighted by Crippen LogP contribution is 2.56. The monoisotopic (exact) mass is 376 g/mol. The van der Waals surface area contributed by atoms with Crippen LogP contribution in [0, 0.1) is 0 Å². The molecule has 0 saturated heterocycles. The van der Waals surface area contributed by atoms with E-state index in [0.29, 0.717) is 0 Å². The molecule has 4 heteroatoms. The van der Waals surface area contributed by atoms with Crippen LogP contribution in [0.15, 0.2) is 59.6 Å². The number of hydrogen-bond donors (Lipinski definition) is 0. The molecule has 3 aromatic carbocycles. The van der Waals surface area contributed by atoms with Crippen molar-refractivity contribution in [3.63, 3.8) is 0 Å². The van der Waals surface area contributed by atoms with Gasteiger partial charge in [-0.05, 0) is 56.0 Å². The molecule has 3 aromatic rings. The van der Waals surface area contributed by atoms with Crippen LogP contribution in [0.1, 0.15) is 26.3 Å². The van der Waals surface area contributed by atoms with E-state index in [0.717, 1.165) is 33.2 Å². The molecule has 0 N–H and O–H groups in total. The summed E-state index contributed by atoms with van der Waals surface area (Å²) in [6.07, 6.45) is 0. The van der Waals surface area contributed by atoms with Crippen LogP contribution >= 0.6 is 11.6 Å². The van der Waals surface area contributed by atoms with Gasteiger partial charge in [-0.2, -0.15) is 0 Å². The lowest BCUT2D eigenvalue weighted by molar-refractivity contribution is 0.0769. The average Bonchev–Trinajstić information content (AvgIpc) is 2.81. The Morgan fingerprint density at radius 1 is 1.04 bits per heavy atom. The van der Waals surface area contributed by atoms with Crippen molar-refractivity contribution in [1.82, 2.24) is 0 Å². The minimum Gasteiger partial charge on any atom is -0.459 e. The number of likely N-dealkylation sites (N-methyl/N-ethyl adjacent to an activating group) is 1. The predicted octanol–water partition coefficient (Wildman–Crippen LogP) is 6.10. The van der Waals surface area contributed by atoms with Crippen LogP contribution in [0.2, 0.25) is 5.02 Å². The van der Waals surface area contributed by atoms with E-state index in [-0.39, 0.29) is 5.41 Å². The zero-order valence-corrected chi connectivity index (χ0v) is 16.6. The van der Waals surface area contributed by atoms with E-state index in [1.165, 1.54) is 10.9 Å². The normalized spacial score (nSPS) is 22.4. The van der Waals surface area contributed by atoms with Gasteiger partial charge in [0, 0.05) is 23.1 Å². The Bertz CT molecular complexity index is 1130. The number of ether oxygens (including phenoxy) is 1. The largest absolute Gasteiger partial charge is 0.459 e. The van der Waals surface area contributed by atoms with Crippen molar-refractivity contribution < 1.29 is 4.74 Å². The zero-order valence-electron chi connectivity index (χ0n) is 15.9. The summed E-state index contributed by atoms with van der Waals surface area (Å²) in [4.78, 5) is 7.28. The fourth-order valence-corrected chi connectivity index (χ4v) is 5.05. The van der Waals surface area contributed by atoms with Crippen LogP contribution in [0.4, 0.5) is 11.4 Å². The first-order chi connectivity index (χ1) is 12.9. The predicted molar refractivity (Wildman–Crippen MR) is 113 cm³/mol. The Kier molecular flexibility index (Phi) is 3.24. The second-order valence-corrected chi connectivity index (χ2v) is 8.36. The minimum absolute atomic E-state index is 0.321. The quantitative estimate of drug-likeness (QED) is 0.473. The SMILES string of the molecule is CC1=Nc2c(ccc3ccccc23)OC12N(C)c1ccc(Cl)cc1C2(C)C. The molecule has 2 heterocycles. The summed E-state index contributed by atoms with van der Waals surface area (Å²) in [6.45, 7) is 6.48. The number of halogens is 1. The lowest BCUT2D eigenvalue weighted by Gasteiger charge is -2.47. The zero-order chi connectivity index (χ0) is 19.0. The summed E-state index contributed by atoms with van der Waals surface area (Å²) in [5, 5.41) is 3.02. The first-order valence-corrected chi connectivity index (χ1v) is 9.54. The van der Waals surface area contributed by atoms with Gasteiger partial charge in [0.05, 0.1) is 11.1 Å². The lowest BCUT2D eigenvalue weighted by atomic mass is 9.75. The molecule has 5 rings (SSSR count). The number of aliphatic imine (C=N–C) groups is 1. The van der Waals surface area contributed by atoms with Gasteiger partial charge in [0.2, 0.25) is 5.72 Å². The molecule has 1 spiro atoms. The Morgan fingerprint density at radius 3 is 2.63 bits per heavy atom. The van der Waals surface area contributed by atoms with E-state index in [9.17, 15) is 0 Å². The molecule has 0 amide bonds. The molecular weight excluding hydrogens is 356 g/mol. The van der Waals surface area contributed by atoms with Gasteiger partial charge in [-0.15, -0.1) is 0 Å². The van der Waals surface area contributed by atoms with Crippen molar-refractivity contribution in [3.05, 3.63) is 65.2 Å². The van der Waals surface area contributed by atoms with E-state index >= 15 is 0 Å². The molecule has 0 aromatic heterocycles. The fraction of sp³-hybridized carbons (Fsp3) is 0.261. The number of fused-ring (bicyclic) bond motifs is 4. The summed E-state index contributed by atoms with van der Waals surface area (Å²) >= 11 is 6.32. The third kappa shape index (κ3) is 1.95. The van der Waals surface area contributed by atoms with Crippen LogP contribution in [0.25, 0.3) is 10.8 Å². The van der Waals surface area contributed by atoms with Crippen LogP contribution in [-0.2, 0) is 5.41 Å². The molecule has 2 aliphatic heterocycles. The van der Waals surface area contributed by atoms with Gasteiger partial charge >= 0.3 is 0 Å². The maximum absolute atomic E-state index is 6.80. The molecule has 0 aliphatic carbocycles. The van der Waals surface area contributed by atoms with Crippen LogP contribution < -0.4 is 9.64 Å². The van der Waals surface area contributed by atoms with E-state index in [1.807, 2.05) is 24.3 Å². The molecule has 1 unspecified atom stereocenters. The molecule has 27 heavy (non-hydrogen) atoms. The van der Waals surface area contributed by atoms with Crippen molar-refractivity contribution in [3.8, 4) is 5.75 Å². The van der Waals surface area contributed by atoms with Gasteiger partial charge in [-0.25, -0.2) is 4.99 Å². The van der Waals surface area contributed by atoms with Crippen LogP contribution in [0.5, 0.6) is 5.75 Å². The number of rotatable bonds is 0. The molecule has 0 radical (unpaired) electrons. The highest BCUT2D eigenvalue weighted by atomic mass is 35.5. The highest BCUT2D eigenvalue weighted by Gasteiger charge is 2.61. The Morgan fingerprint density at radius 2 is 1.81 bits per heavy atom. The maximum Gasteiger partial charge on any atom is 0.231 e. The second-order valence-electron chi connectivity index (χ2n) is 7.92. The fourth-order valence-electron chi connectivity index (χ4n) is 4.87. The molecule has 0 saturated carbocycles. The van der Waals surface area contributed by atoms with Gasteiger partial charge in [-0.3, -0.25) is 0 Å². The van der Waals surface area contributed by atoms with Crippen molar-refractivity contribution in [2.75, 3.05) is 11.9 Å². The lowest BCUT2D eigenvalue weighted by Crippen LogP contribution is -2.64. The minimum atomic E-state index is -0.685. The molecular formula is C23H21ClN2O. The molecule has 2 aliphatic rings. The van der Waals surface area contributed by atoms with Gasteiger partial charge in [0.25, 0.3) is 0 Å². The maximum atomic E-state index is 6.80. The molecule has 3 nitrogen and oxygen atoms in total. The third-order valence-electron chi connectivity index (χ3n) is 6.20. The van der Waals surface area contributed by atoms with E-state index in [1.54, 1.807) is 0 Å². The van der Waals surface area contributed by atoms with Crippen molar-refractivity contribution >= 4 is 39.5 Å². The summed E-state index contributed by atoms with van der Waals surface area (Å²) in [5.41, 5.74) is 3.16. The van der Waals surface area contributed by atoms with E-state index in [2.05, 4.69) is 63.1 Å².